The van der Waals surface area contributed by atoms with Gasteiger partial charge in [0.15, 0.2) is 0 Å². The normalized spacial score (nSPS) is 10.4. The van der Waals surface area contributed by atoms with Gasteiger partial charge >= 0.3 is 0 Å². The molecule has 1 heterocycles. The average Bonchev–Trinajstić information content (AvgIpc) is 2.60. The fourth-order valence-corrected chi connectivity index (χ4v) is 3.80. The molecule has 7 heteroatoms. The van der Waals surface area contributed by atoms with E-state index < -0.39 is 11.7 Å². The van der Waals surface area contributed by atoms with Crippen LogP contribution in [0.1, 0.15) is 16.7 Å². The molecule has 1 aromatic heterocycles. The zero-order valence-electron chi connectivity index (χ0n) is 12.6. The number of benzene rings is 2. The summed E-state index contributed by atoms with van der Waals surface area (Å²) in [4.78, 5) is 4.02. The highest BCUT2D eigenvalue weighted by Crippen LogP contribution is 2.36. The van der Waals surface area contributed by atoms with Crippen molar-refractivity contribution in [1.29, 1.82) is 10.5 Å². The average molecular weight is 370 g/mol. The molecule has 0 aliphatic rings. The summed E-state index contributed by atoms with van der Waals surface area (Å²) in [6.07, 6.45) is 0. The van der Waals surface area contributed by atoms with Crippen LogP contribution in [0.15, 0.2) is 41.4 Å². The van der Waals surface area contributed by atoms with Gasteiger partial charge in [-0.1, -0.05) is 17.7 Å². The highest BCUT2D eigenvalue weighted by atomic mass is 35.5. The molecule has 0 aliphatic heterocycles. The Hall–Kier alpha value is -2.80. The first-order valence-electron chi connectivity index (χ1n) is 7.07. The first-order chi connectivity index (χ1) is 12.0. The van der Waals surface area contributed by atoms with E-state index in [4.69, 9.17) is 11.6 Å². The second-order valence-electron chi connectivity index (χ2n) is 5.08. The summed E-state index contributed by atoms with van der Waals surface area (Å²) in [6, 6.07) is 12.9. The predicted molar refractivity (Wildman–Crippen MR) is 93.8 cm³/mol. The molecule has 2 aromatic carbocycles. The summed E-state index contributed by atoms with van der Waals surface area (Å²) in [5, 5.41) is 30.0. The van der Waals surface area contributed by atoms with Crippen molar-refractivity contribution in [3.8, 4) is 18.0 Å². The Morgan fingerprint density at radius 1 is 1.16 bits per heavy atom. The zero-order chi connectivity index (χ0) is 18.0. The molecule has 25 heavy (non-hydrogen) atoms. The van der Waals surface area contributed by atoms with Crippen molar-refractivity contribution in [2.45, 2.75) is 10.8 Å². The Morgan fingerprint density at radius 2 is 1.96 bits per heavy atom. The van der Waals surface area contributed by atoms with Crippen LogP contribution in [0.25, 0.3) is 10.8 Å². The van der Waals surface area contributed by atoms with Gasteiger partial charge in [-0.25, -0.2) is 9.37 Å². The lowest BCUT2D eigenvalue weighted by molar-refractivity contribution is 0.448. The highest BCUT2D eigenvalue weighted by Gasteiger charge is 2.16. The molecule has 122 valence electrons. The number of halogens is 2. The van der Waals surface area contributed by atoms with E-state index in [2.05, 4.69) is 11.1 Å². The predicted octanol–water partition coefficient (Wildman–Crippen LogP) is 4.77. The maximum absolute atomic E-state index is 13.7. The molecule has 3 aromatic rings. The Kier molecular flexibility index (Phi) is 4.76. The van der Waals surface area contributed by atoms with Crippen molar-refractivity contribution in [2.24, 2.45) is 0 Å². The summed E-state index contributed by atoms with van der Waals surface area (Å²) in [7, 11) is 0. The molecule has 0 radical (unpaired) electrons. The molecule has 4 nitrogen and oxygen atoms in total. The van der Waals surface area contributed by atoms with Crippen molar-refractivity contribution in [3.05, 3.63) is 63.9 Å². The van der Waals surface area contributed by atoms with Gasteiger partial charge in [-0.3, -0.25) is 0 Å². The van der Waals surface area contributed by atoms with E-state index in [1.54, 1.807) is 18.2 Å². The first-order valence-corrected chi connectivity index (χ1v) is 8.44. The van der Waals surface area contributed by atoms with Crippen LogP contribution >= 0.6 is 23.4 Å². The van der Waals surface area contributed by atoms with Crippen LogP contribution in [-0.4, -0.2) is 10.1 Å². The van der Waals surface area contributed by atoms with E-state index in [-0.39, 0.29) is 5.56 Å². The molecule has 0 saturated carbocycles. The van der Waals surface area contributed by atoms with Crippen LogP contribution < -0.4 is 0 Å². The minimum atomic E-state index is -0.471. The number of rotatable bonds is 3. The van der Waals surface area contributed by atoms with Gasteiger partial charge in [0.2, 0.25) is 5.88 Å². The molecular weight excluding hydrogens is 361 g/mol. The molecule has 0 aliphatic carbocycles. The van der Waals surface area contributed by atoms with Gasteiger partial charge in [0, 0.05) is 21.5 Å². The number of aromatic nitrogens is 1. The maximum atomic E-state index is 13.7. The summed E-state index contributed by atoms with van der Waals surface area (Å²) in [6.45, 7) is 0. The number of aromatic hydroxyl groups is 1. The van der Waals surface area contributed by atoms with Gasteiger partial charge in [-0.05, 0) is 35.9 Å². The number of pyridine rings is 1. The fourth-order valence-electron chi connectivity index (χ4n) is 2.42. The highest BCUT2D eigenvalue weighted by molar-refractivity contribution is 7.98. The molecule has 3 rings (SSSR count). The SMILES string of the molecule is N#Cc1cccc(Cl)c1CSc1nc(O)c(C#N)c2ccc(F)cc12. The molecule has 1 N–H and O–H groups in total. The van der Waals surface area contributed by atoms with Gasteiger partial charge < -0.3 is 5.11 Å². The largest absolute Gasteiger partial charge is 0.492 e. The summed E-state index contributed by atoms with van der Waals surface area (Å²) in [5.74, 6) is -0.572. The number of nitriles is 2. The lowest BCUT2D eigenvalue weighted by Crippen LogP contribution is -1.93. The molecule has 0 atom stereocenters. The van der Waals surface area contributed by atoms with Crippen molar-refractivity contribution in [3.63, 3.8) is 0 Å². The Labute approximate surface area is 152 Å². The molecule has 0 amide bonds. The van der Waals surface area contributed by atoms with E-state index in [0.29, 0.717) is 37.7 Å². The molecule has 0 fully saturated rings. The summed E-state index contributed by atoms with van der Waals surface area (Å²) < 4.78 is 13.7. The molecule has 0 unspecified atom stereocenters. The quantitative estimate of drug-likeness (QED) is 0.672. The van der Waals surface area contributed by atoms with Crippen LogP contribution in [0.4, 0.5) is 4.39 Å². The Balaban J connectivity index is 2.08. The van der Waals surface area contributed by atoms with E-state index in [1.165, 1.54) is 30.0 Å². The van der Waals surface area contributed by atoms with E-state index in [0.717, 1.165) is 0 Å². The number of fused-ring (bicyclic) bond motifs is 1. The third-order valence-electron chi connectivity index (χ3n) is 3.62. The monoisotopic (exact) mass is 369 g/mol. The Morgan fingerprint density at radius 3 is 2.68 bits per heavy atom. The summed E-state index contributed by atoms with van der Waals surface area (Å²) >= 11 is 7.37. The van der Waals surface area contributed by atoms with Crippen LogP contribution in [0, 0.1) is 28.5 Å². The third-order valence-corrected chi connectivity index (χ3v) is 4.99. The fraction of sp³-hybridized carbons (Fsp3) is 0.0556. The first kappa shape index (κ1) is 17.0. The maximum Gasteiger partial charge on any atom is 0.230 e. The Bertz CT molecular complexity index is 1070. The minimum absolute atomic E-state index is 0.00481. The number of nitrogens with zero attached hydrogens (tertiary/aromatic N) is 3. The van der Waals surface area contributed by atoms with Crippen LogP contribution in [-0.2, 0) is 5.75 Å². The van der Waals surface area contributed by atoms with Crippen LogP contribution in [0.3, 0.4) is 0 Å². The zero-order valence-corrected chi connectivity index (χ0v) is 14.2. The topological polar surface area (TPSA) is 80.7 Å². The lowest BCUT2D eigenvalue weighted by atomic mass is 10.1. The lowest BCUT2D eigenvalue weighted by Gasteiger charge is -2.10. The van der Waals surface area contributed by atoms with Gasteiger partial charge in [-0.2, -0.15) is 10.5 Å². The number of hydrogen-bond acceptors (Lipinski definition) is 5. The van der Waals surface area contributed by atoms with Gasteiger partial charge in [-0.15, -0.1) is 11.8 Å². The van der Waals surface area contributed by atoms with Crippen LogP contribution in [0.5, 0.6) is 5.88 Å². The van der Waals surface area contributed by atoms with Crippen LogP contribution in [0.2, 0.25) is 5.02 Å². The molecule has 0 saturated heterocycles. The minimum Gasteiger partial charge on any atom is -0.492 e. The molecular formula is C18H9ClFN3OS. The van der Waals surface area contributed by atoms with E-state index in [1.807, 2.05) is 6.07 Å². The second-order valence-corrected chi connectivity index (χ2v) is 6.45. The van der Waals surface area contributed by atoms with Crippen molar-refractivity contribution in [1.82, 2.24) is 4.98 Å². The number of thioether (sulfide) groups is 1. The van der Waals surface area contributed by atoms with Crippen molar-refractivity contribution < 1.29 is 9.50 Å². The number of hydrogen-bond donors (Lipinski definition) is 1. The third kappa shape index (κ3) is 3.23. The van der Waals surface area contributed by atoms with Gasteiger partial charge in [0.05, 0.1) is 11.6 Å². The van der Waals surface area contributed by atoms with E-state index >= 15 is 0 Å². The molecule has 0 spiro atoms. The van der Waals surface area contributed by atoms with E-state index in [9.17, 15) is 20.0 Å². The smallest absolute Gasteiger partial charge is 0.230 e. The summed E-state index contributed by atoms with van der Waals surface area (Å²) in [5.41, 5.74) is 1.06. The molecule has 0 bridgehead atoms. The van der Waals surface area contributed by atoms with Crippen molar-refractivity contribution >= 4 is 34.1 Å². The second kappa shape index (κ2) is 6.98. The van der Waals surface area contributed by atoms with Gasteiger partial charge in [0.25, 0.3) is 0 Å². The van der Waals surface area contributed by atoms with Crippen molar-refractivity contribution in [2.75, 3.05) is 0 Å². The van der Waals surface area contributed by atoms with Gasteiger partial charge in [0.1, 0.15) is 22.5 Å². The standard InChI is InChI=1S/C18H9ClFN3OS/c19-16-3-1-2-10(7-21)15(16)9-25-18-13-6-11(20)4-5-12(13)14(8-22)17(24)23-18/h1-6H,9H2,(H,23,24).